The van der Waals surface area contributed by atoms with Crippen molar-refractivity contribution in [3.8, 4) is 5.75 Å². The normalized spacial score (nSPS) is 27.2. The number of fused-ring (bicyclic) bond motifs is 1. The Bertz CT molecular complexity index is 1060. The number of hydrogen-bond donors (Lipinski definition) is 1. The van der Waals surface area contributed by atoms with Gasteiger partial charge in [0.05, 0.1) is 23.2 Å². The highest BCUT2D eigenvalue weighted by atomic mass is 79.9. The van der Waals surface area contributed by atoms with Gasteiger partial charge in [-0.05, 0) is 49.2 Å². The van der Waals surface area contributed by atoms with Crippen LogP contribution in [0.3, 0.4) is 0 Å². The molecule has 1 N–H and O–H groups in total. The summed E-state index contributed by atoms with van der Waals surface area (Å²) in [5, 5.41) is 11.0. The summed E-state index contributed by atoms with van der Waals surface area (Å²) in [5.41, 5.74) is -1.36. The predicted octanol–water partition coefficient (Wildman–Crippen LogP) is 5.83. The molecule has 2 heterocycles. The van der Waals surface area contributed by atoms with E-state index in [2.05, 4.69) is 15.9 Å². The van der Waals surface area contributed by atoms with Gasteiger partial charge in [0.1, 0.15) is 17.2 Å². The number of aliphatic hydroxyl groups is 1. The lowest BCUT2D eigenvalue weighted by Gasteiger charge is -2.40. The van der Waals surface area contributed by atoms with Gasteiger partial charge in [-0.2, -0.15) is 0 Å². The Kier molecular flexibility index (Phi) is 5.75. The van der Waals surface area contributed by atoms with Gasteiger partial charge in [0.25, 0.3) is 0 Å². The highest BCUT2D eigenvalue weighted by molar-refractivity contribution is 9.10. The topological polar surface area (TPSA) is 59.0 Å². The Labute approximate surface area is 200 Å². The molecule has 172 valence electrons. The first-order valence-corrected chi connectivity index (χ1v) is 11.6. The molecule has 5 nitrogen and oxygen atoms in total. The number of rotatable bonds is 2. The van der Waals surface area contributed by atoms with Crippen LogP contribution < -0.4 is 4.74 Å². The molecule has 1 fully saturated rings. The number of halogens is 3. The molecule has 2 aliphatic heterocycles. The minimum atomic E-state index is -1.14. The highest BCUT2D eigenvalue weighted by Gasteiger charge is 2.58. The number of ether oxygens (including phenoxy) is 2. The fraction of sp³-hybridized carbons (Fsp3) is 0.458. The van der Waals surface area contributed by atoms with E-state index in [-0.39, 0.29) is 18.0 Å². The van der Waals surface area contributed by atoms with Crippen LogP contribution in [0.2, 0.25) is 5.02 Å². The zero-order valence-electron chi connectivity index (χ0n) is 18.4. The van der Waals surface area contributed by atoms with E-state index in [1.54, 1.807) is 27.7 Å². The molecule has 0 saturated carbocycles. The Morgan fingerprint density at radius 3 is 2.62 bits per heavy atom. The average molecular weight is 527 g/mol. The lowest BCUT2D eigenvalue weighted by atomic mass is 9.80. The molecule has 3 unspecified atom stereocenters. The smallest absolute Gasteiger partial charge is 0.410 e. The molecule has 2 aromatic carbocycles. The third kappa shape index (κ3) is 4.11. The second-order valence-corrected chi connectivity index (χ2v) is 11.0. The van der Waals surface area contributed by atoms with Crippen molar-refractivity contribution in [2.75, 3.05) is 6.54 Å². The number of carbonyl (C=O) groups is 1. The van der Waals surface area contributed by atoms with Crippen molar-refractivity contribution in [1.82, 2.24) is 4.90 Å². The van der Waals surface area contributed by atoms with Crippen LogP contribution in [0.5, 0.6) is 5.75 Å². The Morgan fingerprint density at radius 2 is 2.00 bits per heavy atom. The van der Waals surface area contributed by atoms with Crippen molar-refractivity contribution >= 4 is 33.6 Å². The van der Waals surface area contributed by atoms with Crippen LogP contribution in [0.4, 0.5) is 9.18 Å². The molecular weight excluding hydrogens is 501 g/mol. The van der Waals surface area contributed by atoms with Gasteiger partial charge >= 0.3 is 6.09 Å². The van der Waals surface area contributed by atoms with Crippen LogP contribution in [-0.2, 0) is 16.8 Å². The monoisotopic (exact) mass is 525 g/mol. The summed E-state index contributed by atoms with van der Waals surface area (Å²) >= 11 is 9.57. The second kappa shape index (κ2) is 7.89. The van der Waals surface area contributed by atoms with Gasteiger partial charge in [0.15, 0.2) is 5.60 Å². The molecule has 2 aromatic rings. The van der Waals surface area contributed by atoms with Crippen LogP contribution in [0.25, 0.3) is 0 Å². The maximum absolute atomic E-state index is 14.4. The third-order valence-electron chi connectivity index (χ3n) is 5.90. The zero-order chi connectivity index (χ0) is 23.5. The largest absolute Gasteiger partial charge is 0.480 e. The number of likely N-dealkylation sites (tertiary alicyclic amines) is 1. The van der Waals surface area contributed by atoms with E-state index in [1.165, 1.54) is 11.0 Å². The van der Waals surface area contributed by atoms with Crippen molar-refractivity contribution in [2.45, 2.75) is 63.4 Å². The van der Waals surface area contributed by atoms with Crippen molar-refractivity contribution in [2.24, 2.45) is 0 Å². The predicted molar refractivity (Wildman–Crippen MR) is 124 cm³/mol. The lowest BCUT2D eigenvalue weighted by molar-refractivity contribution is -0.0216. The fourth-order valence-corrected chi connectivity index (χ4v) is 5.31. The molecule has 4 rings (SSSR count). The van der Waals surface area contributed by atoms with Crippen LogP contribution in [0.15, 0.2) is 40.9 Å². The van der Waals surface area contributed by atoms with Crippen LogP contribution in [0, 0.1) is 5.82 Å². The maximum Gasteiger partial charge on any atom is 0.410 e. The van der Waals surface area contributed by atoms with Gasteiger partial charge in [-0.15, -0.1) is 0 Å². The number of amides is 1. The summed E-state index contributed by atoms with van der Waals surface area (Å²) in [6.07, 6.45) is 0.0778. The summed E-state index contributed by atoms with van der Waals surface area (Å²) in [4.78, 5) is 14.7. The molecule has 2 aliphatic rings. The SMILES string of the molecule is CC1(O)CC(C2(c3ccccc3)Cc3c(cc(F)c(Cl)c3Br)O2)N(C(=O)OC(C)(C)C)C1. The fourth-order valence-electron chi connectivity index (χ4n) is 4.62. The van der Waals surface area contributed by atoms with E-state index >= 15 is 0 Å². The number of carbonyl (C=O) groups excluding carboxylic acids is 1. The second-order valence-electron chi connectivity index (χ2n) is 9.82. The first kappa shape index (κ1) is 23.3. The molecule has 32 heavy (non-hydrogen) atoms. The Hall–Kier alpha value is -1.83. The number of hydrogen-bond acceptors (Lipinski definition) is 4. The van der Waals surface area contributed by atoms with Crippen molar-refractivity contribution in [3.63, 3.8) is 0 Å². The molecule has 3 atom stereocenters. The van der Waals surface area contributed by atoms with E-state index in [0.717, 1.165) is 11.1 Å². The quantitative estimate of drug-likeness (QED) is 0.500. The van der Waals surface area contributed by atoms with Crippen LogP contribution in [-0.4, -0.2) is 39.9 Å². The number of nitrogens with zero attached hydrogens (tertiary/aromatic N) is 1. The number of β-amino-alcohol motifs (C(OH)–C–C–N with tert-alkyl or cyclic N) is 1. The molecule has 0 radical (unpaired) electrons. The summed E-state index contributed by atoms with van der Waals surface area (Å²) in [5.74, 6) is -0.234. The molecule has 8 heteroatoms. The van der Waals surface area contributed by atoms with Crippen LogP contribution >= 0.6 is 27.5 Å². The van der Waals surface area contributed by atoms with Gasteiger partial charge in [0.2, 0.25) is 0 Å². The molecule has 1 saturated heterocycles. The van der Waals surface area contributed by atoms with Crippen LogP contribution in [0.1, 0.15) is 45.2 Å². The highest BCUT2D eigenvalue weighted by Crippen LogP contribution is 2.52. The zero-order valence-corrected chi connectivity index (χ0v) is 20.8. The average Bonchev–Trinajstić information content (AvgIpc) is 3.24. The molecule has 1 amide bonds. The molecule has 0 aromatic heterocycles. The standard InChI is InChI=1S/C24H26BrClFNO4/c1-22(2,3)32-21(29)28-13-23(4,30)12-18(28)24(14-8-6-5-7-9-14)11-15-17(31-24)10-16(27)20(26)19(15)25/h5-10,18,30H,11-13H2,1-4H3. The minimum Gasteiger partial charge on any atom is -0.480 e. The van der Waals surface area contributed by atoms with Crippen molar-refractivity contribution < 1.29 is 23.8 Å². The number of benzene rings is 2. The summed E-state index contributed by atoms with van der Waals surface area (Å²) < 4.78 is 27.0. The van der Waals surface area contributed by atoms with Gasteiger partial charge in [0, 0.05) is 28.9 Å². The van der Waals surface area contributed by atoms with Crippen molar-refractivity contribution in [3.05, 3.63) is 62.8 Å². The van der Waals surface area contributed by atoms with E-state index in [4.69, 9.17) is 21.1 Å². The third-order valence-corrected chi connectivity index (χ3v) is 7.38. The van der Waals surface area contributed by atoms with E-state index in [0.29, 0.717) is 16.6 Å². The lowest BCUT2D eigenvalue weighted by Crippen LogP contribution is -2.53. The van der Waals surface area contributed by atoms with E-state index in [9.17, 15) is 14.3 Å². The van der Waals surface area contributed by atoms with Gasteiger partial charge in [-0.1, -0.05) is 41.9 Å². The summed E-state index contributed by atoms with van der Waals surface area (Å²) in [7, 11) is 0. The van der Waals surface area contributed by atoms with E-state index < -0.39 is 34.8 Å². The molecule has 0 bridgehead atoms. The minimum absolute atomic E-state index is 0.0152. The van der Waals surface area contributed by atoms with Gasteiger partial charge in [-0.3, -0.25) is 4.90 Å². The first-order valence-electron chi connectivity index (χ1n) is 10.5. The Morgan fingerprint density at radius 1 is 1.34 bits per heavy atom. The molecule has 0 spiro atoms. The van der Waals surface area contributed by atoms with Gasteiger partial charge < -0.3 is 14.6 Å². The Balaban J connectivity index is 1.84. The summed E-state index contributed by atoms with van der Waals surface area (Å²) in [6.45, 7) is 7.18. The van der Waals surface area contributed by atoms with Gasteiger partial charge in [-0.25, -0.2) is 9.18 Å². The molecular formula is C24H26BrClFNO4. The first-order chi connectivity index (χ1) is 14.8. The van der Waals surface area contributed by atoms with E-state index in [1.807, 2.05) is 30.3 Å². The van der Waals surface area contributed by atoms with Crippen molar-refractivity contribution in [1.29, 1.82) is 0 Å². The molecule has 0 aliphatic carbocycles. The summed E-state index contributed by atoms with van der Waals surface area (Å²) in [6, 6.07) is 10.2. The maximum atomic E-state index is 14.4.